The zero-order chi connectivity index (χ0) is 7.78. The highest BCUT2D eigenvalue weighted by Crippen LogP contribution is 2.33. The Bertz CT molecular complexity index is 148. The van der Waals surface area contributed by atoms with E-state index in [2.05, 4.69) is 20.8 Å². The van der Waals surface area contributed by atoms with Crippen LogP contribution < -0.4 is 0 Å². The van der Waals surface area contributed by atoms with Crippen molar-refractivity contribution in [1.29, 1.82) is 0 Å². The van der Waals surface area contributed by atoms with E-state index in [1.54, 1.807) is 0 Å². The summed E-state index contributed by atoms with van der Waals surface area (Å²) in [5.41, 5.74) is 0. The van der Waals surface area contributed by atoms with Crippen LogP contribution in [0.25, 0.3) is 0 Å². The van der Waals surface area contributed by atoms with E-state index >= 15 is 0 Å². The summed E-state index contributed by atoms with van der Waals surface area (Å²) in [6, 6.07) is 1.03. The van der Waals surface area contributed by atoms with Gasteiger partial charge in [-0.3, -0.25) is 4.79 Å². The first-order valence-electron chi connectivity index (χ1n) is 3.69. The minimum absolute atomic E-state index is 0.0200. The summed E-state index contributed by atoms with van der Waals surface area (Å²) in [5, 5.41) is 0.256. The molecule has 10 heavy (non-hydrogen) atoms. The van der Waals surface area contributed by atoms with Crippen LogP contribution in [0.15, 0.2) is 0 Å². The predicted octanol–water partition coefficient (Wildman–Crippen LogP) is 1.46. The molecule has 2 nitrogen and oxygen atoms in total. The number of carbonyl (C=O) groups excluding carboxylic acids is 1. The number of carbonyl (C=O) groups is 1. The smallest absolute Gasteiger partial charge is 0.292 e. The van der Waals surface area contributed by atoms with E-state index in [0.29, 0.717) is 6.42 Å². The minimum Gasteiger partial charge on any atom is -0.521 e. The summed E-state index contributed by atoms with van der Waals surface area (Å²) < 4.78 is 5.23. The maximum atomic E-state index is 10.7. The third-order valence-electron chi connectivity index (χ3n) is 1.85. The average Bonchev–Trinajstić information content (AvgIpc) is 2.11. The highest BCUT2D eigenvalue weighted by Gasteiger charge is 2.35. The SMILES string of the molecule is CC(C)(C)[SiH]1CCC(=O)O1. The van der Waals surface area contributed by atoms with Crippen LogP contribution >= 0.6 is 0 Å². The zero-order valence-electron chi connectivity index (χ0n) is 6.81. The molecule has 0 spiro atoms. The van der Waals surface area contributed by atoms with E-state index in [9.17, 15) is 4.79 Å². The molecular weight excluding hydrogens is 144 g/mol. The van der Waals surface area contributed by atoms with Gasteiger partial charge in [0.05, 0.1) is 0 Å². The molecule has 1 unspecified atom stereocenters. The molecule has 0 radical (unpaired) electrons. The molecule has 0 amide bonds. The van der Waals surface area contributed by atoms with Crippen LogP contribution in [0, 0.1) is 0 Å². The van der Waals surface area contributed by atoms with Gasteiger partial charge in [-0.2, -0.15) is 0 Å². The second-order valence-electron chi connectivity index (χ2n) is 3.88. The Morgan fingerprint density at radius 3 is 2.30 bits per heavy atom. The van der Waals surface area contributed by atoms with E-state index in [1.165, 1.54) is 0 Å². The molecule has 3 heteroatoms. The Morgan fingerprint density at radius 2 is 2.10 bits per heavy atom. The standard InChI is InChI=1S/C7H14O2Si/c1-7(2,3)10-5-4-6(8)9-10/h10H,4-5H2,1-3H3. The van der Waals surface area contributed by atoms with Crippen LogP contribution in [0.4, 0.5) is 0 Å². The van der Waals surface area contributed by atoms with Crippen molar-refractivity contribution in [3.05, 3.63) is 0 Å². The minimum atomic E-state index is -1.18. The van der Waals surface area contributed by atoms with Gasteiger partial charge in [0.2, 0.25) is 9.04 Å². The fourth-order valence-corrected chi connectivity index (χ4v) is 3.41. The molecule has 0 saturated carbocycles. The van der Waals surface area contributed by atoms with Gasteiger partial charge in [0, 0.05) is 6.42 Å². The molecule has 58 valence electrons. The molecule has 1 saturated heterocycles. The van der Waals surface area contributed by atoms with Gasteiger partial charge in [0.25, 0.3) is 5.97 Å². The molecule has 1 heterocycles. The highest BCUT2D eigenvalue weighted by atomic mass is 28.3. The van der Waals surface area contributed by atoms with Gasteiger partial charge in [-0.25, -0.2) is 0 Å². The van der Waals surface area contributed by atoms with Gasteiger partial charge in [0.15, 0.2) is 0 Å². The molecule has 0 N–H and O–H groups in total. The van der Waals surface area contributed by atoms with E-state index in [4.69, 9.17) is 4.43 Å². The summed E-state index contributed by atoms with van der Waals surface area (Å²) in [7, 11) is -1.18. The largest absolute Gasteiger partial charge is 0.521 e. The second-order valence-corrected chi connectivity index (χ2v) is 7.41. The lowest BCUT2D eigenvalue weighted by atomic mass is 10.2. The van der Waals surface area contributed by atoms with Gasteiger partial charge >= 0.3 is 0 Å². The van der Waals surface area contributed by atoms with Gasteiger partial charge in [0.1, 0.15) is 0 Å². The monoisotopic (exact) mass is 158 g/mol. The van der Waals surface area contributed by atoms with E-state index in [-0.39, 0.29) is 11.0 Å². The first kappa shape index (κ1) is 7.79. The van der Waals surface area contributed by atoms with Crippen molar-refractivity contribution in [3.8, 4) is 0 Å². The third-order valence-corrected chi connectivity index (χ3v) is 5.14. The fourth-order valence-electron chi connectivity index (χ4n) is 1.14. The number of hydrogen-bond donors (Lipinski definition) is 0. The van der Waals surface area contributed by atoms with Crippen LogP contribution in [0.3, 0.4) is 0 Å². The summed E-state index contributed by atoms with van der Waals surface area (Å²) in [6.45, 7) is 6.47. The van der Waals surface area contributed by atoms with Crippen molar-refractivity contribution in [2.24, 2.45) is 0 Å². The van der Waals surface area contributed by atoms with E-state index in [0.717, 1.165) is 6.04 Å². The lowest BCUT2D eigenvalue weighted by Crippen LogP contribution is -2.24. The Balaban J connectivity index is 2.53. The van der Waals surface area contributed by atoms with Crippen LogP contribution in [0.2, 0.25) is 11.1 Å². The van der Waals surface area contributed by atoms with Crippen molar-refractivity contribution in [1.82, 2.24) is 0 Å². The maximum absolute atomic E-state index is 10.7. The van der Waals surface area contributed by atoms with Crippen LogP contribution in [0.5, 0.6) is 0 Å². The average molecular weight is 158 g/mol. The quantitative estimate of drug-likeness (QED) is 0.499. The summed E-state index contributed by atoms with van der Waals surface area (Å²) in [6.07, 6.45) is 0.661. The van der Waals surface area contributed by atoms with Crippen molar-refractivity contribution >= 4 is 15.0 Å². The molecule has 1 rings (SSSR count). The first-order valence-corrected chi connectivity index (χ1v) is 5.56. The highest BCUT2D eigenvalue weighted by molar-refractivity contribution is 6.59. The Labute approximate surface area is 63.3 Å². The molecule has 1 aliphatic rings. The molecule has 0 bridgehead atoms. The van der Waals surface area contributed by atoms with E-state index in [1.807, 2.05) is 0 Å². The number of hydrogen-bond acceptors (Lipinski definition) is 2. The molecule has 0 aliphatic carbocycles. The summed E-state index contributed by atoms with van der Waals surface area (Å²) in [5.74, 6) is 0.0200. The van der Waals surface area contributed by atoms with Crippen LogP contribution in [-0.4, -0.2) is 15.0 Å². The molecule has 1 atom stereocenters. The van der Waals surface area contributed by atoms with Gasteiger partial charge in [-0.15, -0.1) is 0 Å². The molecule has 1 fully saturated rings. The Kier molecular flexibility index (Phi) is 1.85. The number of rotatable bonds is 0. The third kappa shape index (κ3) is 1.59. The van der Waals surface area contributed by atoms with E-state index < -0.39 is 9.04 Å². The molecule has 0 aromatic carbocycles. The molecular formula is C7H14O2Si. The van der Waals surface area contributed by atoms with Crippen LogP contribution in [0.1, 0.15) is 27.2 Å². The van der Waals surface area contributed by atoms with Crippen molar-refractivity contribution in [2.75, 3.05) is 0 Å². The Hall–Kier alpha value is -0.313. The predicted molar refractivity (Wildman–Crippen MR) is 42.4 cm³/mol. The lowest BCUT2D eigenvalue weighted by Gasteiger charge is -2.22. The molecule has 0 aromatic rings. The Morgan fingerprint density at radius 1 is 1.50 bits per heavy atom. The van der Waals surface area contributed by atoms with Crippen molar-refractivity contribution < 1.29 is 9.22 Å². The first-order chi connectivity index (χ1) is 4.50. The van der Waals surface area contributed by atoms with Gasteiger partial charge < -0.3 is 4.43 Å². The van der Waals surface area contributed by atoms with Crippen molar-refractivity contribution in [2.45, 2.75) is 38.3 Å². The van der Waals surface area contributed by atoms with Gasteiger partial charge in [-0.05, 0) is 11.1 Å². The van der Waals surface area contributed by atoms with Gasteiger partial charge in [-0.1, -0.05) is 20.8 Å². The maximum Gasteiger partial charge on any atom is 0.292 e. The topological polar surface area (TPSA) is 26.3 Å². The lowest BCUT2D eigenvalue weighted by molar-refractivity contribution is -0.132. The molecule has 1 aliphatic heterocycles. The zero-order valence-corrected chi connectivity index (χ0v) is 7.96. The second kappa shape index (κ2) is 2.38. The van der Waals surface area contributed by atoms with Crippen LogP contribution in [-0.2, 0) is 9.22 Å². The summed E-state index contributed by atoms with van der Waals surface area (Å²) in [4.78, 5) is 10.7. The molecule has 0 aromatic heterocycles. The summed E-state index contributed by atoms with van der Waals surface area (Å²) >= 11 is 0. The fraction of sp³-hybridized carbons (Fsp3) is 0.857. The normalized spacial score (nSPS) is 26.7. The van der Waals surface area contributed by atoms with Crippen molar-refractivity contribution in [3.63, 3.8) is 0 Å².